The zero-order chi connectivity index (χ0) is 10.1. The van der Waals surface area contributed by atoms with E-state index in [2.05, 4.69) is 22.0 Å². The van der Waals surface area contributed by atoms with E-state index in [1.807, 2.05) is 0 Å². The Labute approximate surface area is 97.2 Å². The molecule has 0 bridgehead atoms. The smallest absolute Gasteiger partial charge is 0.0250 e. The quantitative estimate of drug-likeness (QED) is 0.789. The summed E-state index contributed by atoms with van der Waals surface area (Å²) in [6, 6.07) is 1.70. The van der Waals surface area contributed by atoms with Gasteiger partial charge in [0.1, 0.15) is 0 Å². The first-order valence-electron chi connectivity index (χ1n) is 6.52. The molecule has 3 saturated heterocycles. The minimum Gasteiger partial charge on any atom is -0.311 e. The third-order valence-electron chi connectivity index (χ3n) is 4.24. The number of fused-ring (bicyclic) bond motifs is 1. The number of thioether (sulfide) groups is 1. The molecule has 0 aliphatic carbocycles. The van der Waals surface area contributed by atoms with E-state index in [0.717, 1.165) is 17.3 Å². The van der Waals surface area contributed by atoms with Gasteiger partial charge in [0.05, 0.1) is 0 Å². The summed E-state index contributed by atoms with van der Waals surface area (Å²) in [6.07, 6.45) is 7.15. The van der Waals surface area contributed by atoms with E-state index in [4.69, 9.17) is 0 Å². The van der Waals surface area contributed by atoms with Gasteiger partial charge < -0.3 is 5.32 Å². The van der Waals surface area contributed by atoms with Crippen molar-refractivity contribution in [1.82, 2.24) is 10.2 Å². The molecule has 3 fully saturated rings. The van der Waals surface area contributed by atoms with E-state index in [1.54, 1.807) is 0 Å². The summed E-state index contributed by atoms with van der Waals surface area (Å²) in [7, 11) is 0. The summed E-state index contributed by atoms with van der Waals surface area (Å²) >= 11 is 2.17. The van der Waals surface area contributed by atoms with Crippen LogP contribution in [0.1, 0.15) is 32.1 Å². The fourth-order valence-electron chi connectivity index (χ4n) is 3.41. The van der Waals surface area contributed by atoms with Crippen LogP contribution in [0.3, 0.4) is 0 Å². The van der Waals surface area contributed by atoms with Gasteiger partial charge in [0, 0.05) is 30.4 Å². The lowest BCUT2D eigenvalue weighted by molar-refractivity contribution is 0.299. The van der Waals surface area contributed by atoms with E-state index in [1.165, 1.54) is 57.5 Å². The summed E-state index contributed by atoms with van der Waals surface area (Å²) in [5.41, 5.74) is 0. The normalized spacial score (nSPS) is 41.2. The highest BCUT2D eigenvalue weighted by Crippen LogP contribution is 2.29. The first kappa shape index (κ1) is 10.4. The molecule has 3 aliphatic heterocycles. The Morgan fingerprint density at radius 1 is 1.13 bits per heavy atom. The van der Waals surface area contributed by atoms with Crippen molar-refractivity contribution in [3.8, 4) is 0 Å². The van der Waals surface area contributed by atoms with Crippen molar-refractivity contribution in [1.29, 1.82) is 0 Å². The molecule has 0 amide bonds. The molecule has 3 unspecified atom stereocenters. The summed E-state index contributed by atoms with van der Waals surface area (Å²) in [5.74, 6) is 1.40. The van der Waals surface area contributed by atoms with Gasteiger partial charge in [-0.3, -0.25) is 4.90 Å². The van der Waals surface area contributed by atoms with E-state index >= 15 is 0 Å². The molecule has 15 heavy (non-hydrogen) atoms. The van der Waals surface area contributed by atoms with Gasteiger partial charge in [-0.2, -0.15) is 11.8 Å². The highest BCUT2D eigenvalue weighted by molar-refractivity contribution is 8.00. The fourth-order valence-corrected chi connectivity index (χ4v) is 4.62. The highest BCUT2D eigenvalue weighted by Gasteiger charge is 2.36. The predicted molar refractivity (Wildman–Crippen MR) is 66.5 cm³/mol. The molecule has 3 aliphatic rings. The molecular formula is C12H22N2S. The van der Waals surface area contributed by atoms with Crippen molar-refractivity contribution in [3.05, 3.63) is 0 Å². The van der Waals surface area contributed by atoms with Crippen molar-refractivity contribution in [2.45, 2.75) is 49.4 Å². The van der Waals surface area contributed by atoms with Crippen molar-refractivity contribution < 1.29 is 0 Å². The number of nitrogens with zero attached hydrogens (tertiary/aromatic N) is 1. The lowest BCUT2D eigenvalue weighted by Gasteiger charge is -2.22. The lowest BCUT2D eigenvalue weighted by atomic mass is 10.1. The van der Waals surface area contributed by atoms with Gasteiger partial charge in [-0.05, 0) is 44.4 Å². The van der Waals surface area contributed by atoms with Crippen LogP contribution in [0.25, 0.3) is 0 Å². The molecule has 3 rings (SSSR count). The molecular weight excluding hydrogens is 204 g/mol. The van der Waals surface area contributed by atoms with Crippen LogP contribution in [0.15, 0.2) is 0 Å². The monoisotopic (exact) mass is 226 g/mol. The van der Waals surface area contributed by atoms with Crippen LogP contribution in [-0.2, 0) is 0 Å². The van der Waals surface area contributed by atoms with Gasteiger partial charge >= 0.3 is 0 Å². The molecule has 2 nitrogen and oxygen atoms in total. The molecule has 86 valence electrons. The Morgan fingerprint density at radius 3 is 3.00 bits per heavy atom. The van der Waals surface area contributed by atoms with Crippen molar-refractivity contribution in [3.63, 3.8) is 0 Å². The third kappa shape index (κ3) is 2.20. The molecule has 0 aromatic rings. The first-order chi connectivity index (χ1) is 7.43. The van der Waals surface area contributed by atoms with Gasteiger partial charge in [-0.1, -0.05) is 0 Å². The van der Waals surface area contributed by atoms with Gasteiger partial charge in [0.2, 0.25) is 0 Å². The Bertz CT molecular complexity index is 216. The number of rotatable bonds is 3. The number of hydrogen-bond donors (Lipinski definition) is 1. The van der Waals surface area contributed by atoms with Gasteiger partial charge in [0.25, 0.3) is 0 Å². The predicted octanol–water partition coefficient (Wildman–Crippen LogP) is 1.71. The molecule has 3 heteroatoms. The van der Waals surface area contributed by atoms with Crippen LogP contribution in [0.4, 0.5) is 0 Å². The van der Waals surface area contributed by atoms with E-state index < -0.39 is 0 Å². The zero-order valence-corrected chi connectivity index (χ0v) is 10.3. The second-order valence-corrected chi connectivity index (χ2v) is 6.59. The summed E-state index contributed by atoms with van der Waals surface area (Å²) in [6.45, 7) is 3.97. The fraction of sp³-hybridized carbons (Fsp3) is 1.00. The summed E-state index contributed by atoms with van der Waals surface area (Å²) < 4.78 is 0. The molecule has 3 atom stereocenters. The van der Waals surface area contributed by atoms with Crippen molar-refractivity contribution in [2.75, 3.05) is 25.4 Å². The third-order valence-corrected chi connectivity index (χ3v) is 5.64. The molecule has 0 aromatic heterocycles. The molecule has 0 spiro atoms. The summed E-state index contributed by atoms with van der Waals surface area (Å²) in [4.78, 5) is 2.69. The van der Waals surface area contributed by atoms with Crippen molar-refractivity contribution in [2.24, 2.45) is 0 Å². The maximum Gasteiger partial charge on any atom is 0.0250 e. The topological polar surface area (TPSA) is 15.3 Å². The zero-order valence-electron chi connectivity index (χ0n) is 9.45. The van der Waals surface area contributed by atoms with Crippen LogP contribution in [0, 0.1) is 0 Å². The standard InChI is InChI=1S/C12H22N2S/c1-4-12-11(5-7-14(12)6-1)13-9-10-3-2-8-15-10/h10-13H,1-9H2. The van der Waals surface area contributed by atoms with Crippen molar-refractivity contribution >= 4 is 11.8 Å². The second-order valence-electron chi connectivity index (χ2n) is 5.18. The van der Waals surface area contributed by atoms with Crippen LogP contribution >= 0.6 is 11.8 Å². The first-order valence-corrected chi connectivity index (χ1v) is 7.57. The molecule has 1 N–H and O–H groups in total. The van der Waals surface area contributed by atoms with Gasteiger partial charge in [-0.25, -0.2) is 0 Å². The maximum atomic E-state index is 3.83. The average Bonchev–Trinajstić information content (AvgIpc) is 2.93. The van der Waals surface area contributed by atoms with E-state index in [-0.39, 0.29) is 0 Å². The second kappa shape index (κ2) is 4.64. The lowest BCUT2D eigenvalue weighted by Crippen LogP contribution is -2.41. The van der Waals surface area contributed by atoms with Gasteiger partial charge in [0.15, 0.2) is 0 Å². The van der Waals surface area contributed by atoms with E-state index in [9.17, 15) is 0 Å². The Balaban J connectivity index is 1.46. The molecule has 3 heterocycles. The van der Waals surface area contributed by atoms with Gasteiger partial charge in [-0.15, -0.1) is 0 Å². The van der Waals surface area contributed by atoms with Crippen LogP contribution in [0.5, 0.6) is 0 Å². The minimum atomic E-state index is 0.814. The SMILES string of the molecule is C1CSC(CNC2CCN3CCCC23)C1. The van der Waals surface area contributed by atoms with Crippen LogP contribution in [0.2, 0.25) is 0 Å². The Hall–Kier alpha value is 0.270. The Morgan fingerprint density at radius 2 is 2.13 bits per heavy atom. The van der Waals surface area contributed by atoms with Crippen LogP contribution < -0.4 is 5.32 Å². The summed E-state index contributed by atoms with van der Waals surface area (Å²) in [5, 5.41) is 4.75. The highest BCUT2D eigenvalue weighted by atomic mass is 32.2. The Kier molecular flexibility index (Phi) is 3.23. The molecule has 0 saturated carbocycles. The van der Waals surface area contributed by atoms with E-state index in [0.29, 0.717) is 0 Å². The van der Waals surface area contributed by atoms with Crippen LogP contribution in [-0.4, -0.2) is 47.6 Å². The maximum absolute atomic E-state index is 3.83. The molecule has 0 radical (unpaired) electrons. The number of nitrogens with one attached hydrogen (secondary N) is 1. The average molecular weight is 226 g/mol. The largest absolute Gasteiger partial charge is 0.311 e. The molecule has 0 aromatic carbocycles. The number of hydrogen-bond acceptors (Lipinski definition) is 3. The minimum absolute atomic E-state index is 0.814.